The van der Waals surface area contributed by atoms with E-state index in [4.69, 9.17) is 0 Å². The molecule has 0 spiro atoms. The number of nitrogens with zero attached hydrogens (tertiary/aromatic N) is 2. The van der Waals surface area contributed by atoms with Crippen molar-refractivity contribution in [3.63, 3.8) is 0 Å². The Hall–Kier alpha value is -2.63. The smallest absolute Gasteiger partial charge is 0.244 e. The van der Waals surface area contributed by atoms with E-state index in [0.717, 1.165) is 12.8 Å². The zero-order valence-corrected chi connectivity index (χ0v) is 14.2. The lowest BCUT2D eigenvalue weighted by molar-refractivity contribution is -0.126. The lowest BCUT2D eigenvalue weighted by Crippen LogP contribution is -2.36. The zero-order valence-electron chi connectivity index (χ0n) is 14.2. The van der Waals surface area contributed by atoms with Crippen LogP contribution < -0.4 is 10.6 Å². The normalized spacial score (nSPS) is 11.8. The van der Waals surface area contributed by atoms with Crippen LogP contribution in [0.4, 0.5) is 5.82 Å². The minimum absolute atomic E-state index is 0.0347. The summed E-state index contributed by atoms with van der Waals surface area (Å²) in [4.78, 5) is 23.7. The average Bonchev–Trinajstić information content (AvgIpc) is 3.05. The Morgan fingerprint density at radius 1 is 1.21 bits per heavy atom. The molecule has 0 radical (unpaired) electrons. The molecule has 0 bridgehead atoms. The summed E-state index contributed by atoms with van der Waals surface area (Å²) in [5, 5.41) is 9.66. The van der Waals surface area contributed by atoms with Crippen molar-refractivity contribution in [3.05, 3.63) is 48.2 Å². The van der Waals surface area contributed by atoms with Crippen molar-refractivity contribution >= 4 is 17.6 Å². The number of benzene rings is 1. The Bertz CT molecular complexity index is 667. The van der Waals surface area contributed by atoms with E-state index in [-0.39, 0.29) is 24.3 Å². The van der Waals surface area contributed by atoms with E-state index in [2.05, 4.69) is 27.9 Å². The van der Waals surface area contributed by atoms with Crippen molar-refractivity contribution in [2.24, 2.45) is 5.92 Å². The highest BCUT2D eigenvalue weighted by Gasteiger charge is 2.12. The second kappa shape index (κ2) is 8.86. The third kappa shape index (κ3) is 5.22. The molecule has 0 aliphatic heterocycles. The summed E-state index contributed by atoms with van der Waals surface area (Å²) >= 11 is 0. The van der Waals surface area contributed by atoms with Gasteiger partial charge in [0.2, 0.25) is 11.8 Å². The predicted molar refractivity (Wildman–Crippen MR) is 93.5 cm³/mol. The van der Waals surface area contributed by atoms with Gasteiger partial charge in [-0.15, -0.1) is 0 Å². The molecule has 1 aromatic heterocycles. The van der Waals surface area contributed by atoms with E-state index in [1.165, 1.54) is 5.56 Å². The highest BCUT2D eigenvalue weighted by Crippen LogP contribution is 2.08. The predicted octanol–water partition coefficient (Wildman–Crippen LogP) is 2.23. The number of nitrogens with one attached hydrogen (secondary N) is 2. The Kier molecular flexibility index (Phi) is 6.54. The number of rotatable bonds is 8. The van der Waals surface area contributed by atoms with Crippen LogP contribution >= 0.6 is 0 Å². The van der Waals surface area contributed by atoms with Crippen molar-refractivity contribution in [1.29, 1.82) is 0 Å². The molecule has 2 N–H and O–H groups in total. The number of aryl methyl sites for hydroxylation is 2. The number of carbonyl (C=O) groups excluding carboxylic acids is 2. The highest BCUT2D eigenvalue weighted by molar-refractivity contribution is 5.94. The molecule has 0 aliphatic rings. The van der Waals surface area contributed by atoms with Crippen molar-refractivity contribution in [1.82, 2.24) is 15.1 Å². The lowest BCUT2D eigenvalue weighted by atomic mass is 10.1. The molecule has 0 aliphatic carbocycles. The van der Waals surface area contributed by atoms with Crippen LogP contribution in [-0.4, -0.2) is 28.1 Å². The molecule has 2 aromatic rings. The Balaban J connectivity index is 1.84. The summed E-state index contributed by atoms with van der Waals surface area (Å²) in [6, 6.07) is 11.9. The summed E-state index contributed by atoms with van der Waals surface area (Å²) in [5.41, 5.74) is 1.21. The number of hydrogen-bond donors (Lipinski definition) is 2. The second-order valence-electron chi connectivity index (χ2n) is 5.75. The number of amides is 2. The highest BCUT2D eigenvalue weighted by atomic mass is 16.2. The van der Waals surface area contributed by atoms with Crippen LogP contribution in [0, 0.1) is 5.92 Å². The summed E-state index contributed by atoms with van der Waals surface area (Å²) in [7, 11) is 0. The summed E-state index contributed by atoms with van der Waals surface area (Å²) in [5.74, 6) is 0.182. The van der Waals surface area contributed by atoms with Crippen LogP contribution in [0.1, 0.15) is 25.8 Å². The molecule has 1 unspecified atom stereocenters. The minimum atomic E-state index is -0.256. The largest absolute Gasteiger partial charge is 0.347 e. The van der Waals surface area contributed by atoms with Crippen LogP contribution in [0.15, 0.2) is 42.6 Å². The van der Waals surface area contributed by atoms with Gasteiger partial charge in [-0.2, -0.15) is 5.10 Å². The quantitative estimate of drug-likeness (QED) is 0.780. The molecule has 0 saturated carbocycles. The first kappa shape index (κ1) is 17.7. The summed E-state index contributed by atoms with van der Waals surface area (Å²) in [6.45, 7) is 4.42. The van der Waals surface area contributed by atoms with Gasteiger partial charge in [0.25, 0.3) is 0 Å². The first-order valence-corrected chi connectivity index (χ1v) is 8.23. The van der Waals surface area contributed by atoms with E-state index in [0.29, 0.717) is 12.4 Å². The monoisotopic (exact) mass is 328 g/mol. The Morgan fingerprint density at radius 2 is 1.96 bits per heavy atom. The van der Waals surface area contributed by atoms with E-state index >= 15 is 0 Å². The summed E-state index contributed by atoms with van der Waals surface area (Å²) < 4.78 is 1.75. The molecule has 6 heteroatoms. The van der Waals surface area contributed by atoms with Gasteiger partial charge >= 0.3 is 0 Å². The van der Waals surface area contributed by atoms with Crippen LogP contribution in [0.2, 0.25) is 0 Å². The minimum Gasteiger partial charge on any atom is -0.347 e. The summed E-state index contributed by atoms with van der Waals surface area (Å²) in [6.07, 6.45) is 3.23. The van der Waals surface area contributed by atoms with Gasteiger partial charge in [0.15, 0.2) is 0 Å². The van der Waals surface area contributed by atoms with E-state index < -0.39 is 0 Å². The molecule has 0 saturated heterocycles. The molecule has 128 valence electrons. The first-order chi connectivity index (χ1) is 11.6. The van der Waals surface area contributed by atoms with Crippen LogP contribution in [0.3, 0.4) is 0 Å². The van der Waals surface area contributed by atoms with Gasteiger partial charge in [-0.05, 0) is 18.4 Å². The van der Waals surface area contributed by atoms with Crippen molar-refractivity contribution in [3.8, 4) is 0 Å². The number of carbonyl (C=O) groups is 2. The molecule has 1 aromatic carbocycles. The molecule has 2 amide bonds. The third-order valence-corrected chi connectivity index (χ3v) is 3.92. The van der Waals surface area contributed by atoms with Crippen LogP contribution in [0.25, 0.3) is 0 Å². The molecular formula is C18H24N4O2. The topological polar surface area (TPSA) is 76.0 Å². The maximum Gasteiger partial charge on any atom is 0.244 e. The SMILES string of the molecule is CCC(C)C(=O)NCC(=O)Nc1ccnn1CCc1ccccc1. The fourth-order valence-corrected chi connectivity index (χ4v) is 2.21. The van der Waals surface area contributed by atoms with Crippen molar-refractivity contribution in [2.45, 2.75) is 33.2 Å². The Labute approximate surface area is 142 Å². The van der Waals surface area contributed by atoms with Gasteiger partial charge in [0, 0.05) is 18.5 Å². The van der Waals surface area contributed by atoms with Gasteiger partial charge in [-0.25, -0.2) is 4.68 Å². The van der Waals surface area contributed by atoms with Crippen LogP contribution in [-0.2, 0) is 22.6 Å². The van der Waals surface area contributed by atoms with Gasteiger partial charge in [0.1, 0.15) is 5.82 Å². The zero-order chi connectivity index (χ0) is 17.4. The third-order valence-electron chi connectivity index (χ3n) is 3.92. The van der Waals surface area contributed by atoms with Gasteiger partial charge < -0.3 is 10.6 Å². The van der Waals surface area contributed by atoms with E-state index in [1.807, 2.05) is 32.0 Å². The molecular weight excluding hydrogens is 304 g/mol. The average molecular weight is 328 g/mol. The molecule has 1 atom stereocenters. The molecule has 1 heterocycles. The van der Waals surface area contributed by atoms with Crippen molar-refractivity contribution in [2.75, 3.05) is 11.9 Å². The second-order valence-corrected chi connectivity index (χ2v) is 5.75. The van der Waals surface area contributed by atoms with Gasteiger partial charge in [-0.3, -0.25) is 9.59 Å². The standard InChI is InChI=1S/C18H24N4O2/c1-3-14(2)18(24)19-13-17(23)21-16-9-11-20-22(16)12-10-15-7-5-4-6-8-15/h4-9,11,14H,3,10,12-13H2,1-2H3,(H,19,24)(H,21,23). The number of aromatic nitrogens is 2. The Morgan fingerprint density at radius 3 is 2.67 bits per heavy atom. The van der Waals surface area contributed by atoms with Gasteiger partial charge in [-0.1, -0.05) is 44.2 Å². The molecule has 2 rings (SSSR count). The molecule has 6 nitrogen and oxygen atoms in total. The van der Waals surface area contributed by atoms with E-state index in [1.54, 1.807) is 16.9 Å². The maximum atomic E-state index is 12.0. The fourth-order valence-electron chi connectivity index (χ4n) is 2.21. The number of anilines is 1. The van der Waals surface area contributed by atoms with Crippen LogP contribution in [0.5, 0.6) is 0 Å². The van der Waals surface area contributed by atoms with Crippen molar-refractivity contribution < 1.29 is 9.59 Å². The lowest BCUT2D eigenvalue weighted by Gasteiger charge is -2.11. The molecule has 0 fully saturated rings. The van der Waals surface area contributed by atoms with E-state index in [9.17, 15) is 9.59 Å². The fraction of sp³-hybridized carbons (Fsp3) is 0.389. The molecule has 24 heavy (non-hydrogen) atoms. The first-order valence-electron chi connectivity index (χ1n) is 8.23. The maximum absolute atomic E-state index is 12.0. The van der Waals surface area contributed by atoms with Gasteiger partial charge in [0.05, 0.1) is 12.7 Å². The number of hydrogen-bond acceptors (Lipinski definition) is 3.